The van der Waals surface area contributed by atoms with Crippen molar-refractivity contribution in [3.05, 3.63) is 29.6 Å². The van der Waals surface area contributed by atoms with E-state index in [1.54, 1.807) is 6.92 Å². The monoisotopic (exact) mass is 214 g/mol. The maximum atomic E-state index is 13.1. The van der Waals surface area contributed by atoms with Crippen LogP contribution in [0.15, 0.2) is 12.1 Å². The van der Waals surface area contributed by atoms with E-state index >= 15 is 0 Å². The average Bonchev–Trinajstić information content (AvgIpc) is 2.13. The first kappa shape index (κ1) is 11.4. The van der Waals surface area contributed by atoms with Gasteiger partial charge in [0.2, 0.25) is 0 Å². The van der Waals surface area contributed by atoms with Gasteiger partial charge in [-0.25, -0.2) is 13.2 Å². The highest BCUT2D eigenvalue weighted by Gasteiger charge is 2.12. The molecule has 0 fully saturated rings. The minimum atomic E-state index is -1.25. The van der Waals surface area contributed by atoms with Crippen molar-refractivity contribution in [2.45, 2.75) is 19.4 Å². The van der Waals surface area contributed by atoms with Gasteiger partial charge in [-0.3, -0.25) is 0 Å². The van der Waals surface area contributed by atoms with Crippen LogP contribution >= 0.6 is 0 Å². The predicted molar refractivity (Wildman–Crippen MR) is 49.6 cm³/mol. The number of hydrogen-bond acceptors (Lipinski definition) is 2. The van der Waals surface area contributed by atoms with E-state index < -0.39 is 17.5 Å². The second kappa shape index (κ2) is 4.69. The van der Waals surface area contributed by atoms with Crippen LogP contribution in [0.1, 0.15) is 13.3 Å². The molecule has 0 radical (unpaired) electrons. The lowest BCUT2D eigenvalue weighted by Crippen LogP contribution is -2.15. The number of rotatable bonds is 3. The first-order valence-corrected chi connectivity index (χ1v) is 4.32. The Morgan fingerprint density at radius 2 is 2.07 bits per heavy atom. The van der Waals surface area contributed by atoms with Gasteiger partial charge in [0.05, 0.1) is 18.2 Å². The van der Waals surface area contributed by atoms with Crippen LogP contribution in [0, 0.1) is 28.8 Å². The van der Waals surface area contributed by atoms with Crippen LogP contribution in [0.4, 0.5) is 18.9 Å². The summed E-state index contributed by atoms with van der Waals surface area (Å²) in [6.07, 6.45) is 0.123. The lowest BCUT2D eigenvalue weighted by atomic mass is 10.2. The fraction of sp³-hybridized carbons (Fsp3) is 0.300. The van der Waals surface area contributed by atoms with Crippen LogP contribution in [0.2, 0.25) is 0 Å². The van der Waals surface area contributed by atoms with Gasteiger partial charge in [0, 0.05) is 18.2 Å². The molecule has 1 N–H and O–H groups in total. The summed E-state index contributed by atoms with van der Waals surface area (Å²) >= 11 is 0. The zero-order valence-corrected chi connectivity index (χ0v) is 8.02. The summed E-state index contributed by atoms with van der Waals surface area (Å²) in [5, 5.41) is 10.9. The van der Waals surface area contributed by atoms with Crippen LogP contribution in [-0.2, 0) is 0 Å². The van der Waals surface area contributed by atoms with Crippen molar-refractivity contribution in [3.8, 4) is 6.07 Å². The number of nitrogens with zero attached hydrogens (tertiary/aromatic N) is 1. The fourth-order valence-electron chi connectivity index (χ4n) is 1.11. The topological polar surface area (TPSA) is 35.8 Å². The van der Waals surface area contributed by atoms with Crippen LogP contribution in [0.5, 0.6) is 0 Å². The quantitative estimate of drug-likeness (QED) is 0.785. The third-order valence-corrected chi connectivity index (χ3v) is 1.79. The van der Waals surface area contributed by atoms with Gasteiger partial charge in [-0.1, -0.05) is 0 Å². The van der Waals surface area contributed by atoms with Crippen LogP contribution < -0.4 is 5.32 Å². The number of anilines is 1. The van der Waals surface area contributed by atoms with Crippen molar-refractivity contribution in [1.29, 1.82) is 5.26 Å². The first-order chi connectivity index (χ1) is 7.04. The Balaban J connectivity index is 2.90. The van der Waals surface area contributed by atoms with Crippen molar-refractivity contribution < 1.29 is 13.2 Å². The molecule has 1 unspecified atom stereocenters. The molecule has 0 saturated carbocycles. The highest BCUT2D eigenvalue weighted by molar-refractivity contribution is 5.46. The Labute approximate surface area is 85.3 Å². The maximum Gasteiger partial charge on any atom is 0.182 e. The lowest BCUT2D eigenvalue weighted by molar-refractivity contribution is 0.496. The highest BCUT2D eigenvalue weighted by atomic mass is 19.2. The fourth-order valence-corrected chi connectivity index (χ4v) is 1.11. The zero-order chi connectivity index (χ0) is 11.4. The third kappa shape index (κ3) is 2.88. The molecule has 80 valence electrons. The predicted octanol–water partition coefficient (Wildman–Crippen LogP) is 2.82. The molecule has 0 spiro atoms. The Morgan fingerprint density at radius 1 is 1.40 bits per heavy atom. The maximum absolute atomic E-state index is 13.1. The number of nitrogens with one attached hydrogen (secondary N) is 1. The Morgan fingerprint density at radius 3 is 2.67 bits per heavy atom. The molecule has 0 aliphatic heterocycles. The second-order valence-corrected chi connectivity index (χ2v) is 3.16. The second-order valence-electron chi connectivity index (χ2n) is 3.16. The van der Waals surface area contributed by atoms with Crippen molar-refractivity contribution in [2.24, 2.45) is 0 Å². The number of halogens is 3. The molecule has 5 heteroatoms. The molecule has 0 aliphatic carbocycles. The van der Waals surface area contributed by atoms with E-state index in [0.717, 1.165) is 6.07 Å². The molecule has 15 heavy (non-hydrogen) atoms. The Bertz CT molecular complexity index is 398. The van der Waals surface area contributed by atoms with E-state index in [1.807, 2.05) is 6.07 Å². The summed E-state index contributed by atoms with van der Waals surface area (Å²) in [6, 6.07) is 2.82. The summed E-state index contributed by atoms with van der Waals surface area (Å²) in [6.45, 7) is 1.62. The smallest absolute Gasteiger partial charge is 0.182 e. The SMILES string of the molecule is CC(CC#N)Nc1cc(F)cc(F)c1F. The molecule has 0 bridgehead atoms. The van der Waals surface area contributed by atoms with Crippen molar-refractivity contribution in [1.82, 2.24) is 0 Å². The van der Waals surface area contributed by atoms with Gasteiger partial charge >= 0.3 is 0 Å². The lowest BCUT2D eigenvalue weighted by Gasteiger charge is -2.12. The van der Waals surface area contributed by atoms with Gasteiger partial charge in [-0.05, 0) is 6.92 Å². The van der Waals surface area contributed by atoms with Crippen molar-refractivity contribution in [2.75, 3.05) is 5.32 Å². The highest BCUT2D eigenvalue weighted by Crippen LogP contribution is 2.20. The van der Waals surface area contributed by atoms with Crippen molar-refractivity contribution in [3.63, 3.8) is 0 Å². The van der Waals surface area contributed by atoms with E-state index in [9.17, 15) is 13.2 Å². The molecule has 1 aromatic carbocycles. The molecule has 1 aromatic rings. The van der Waals surface area contributed by atoms with Gasteiger partial charge in [-0.15, -0.1) is 0 Å². The largest absolute Gasteiger partial charge is 0.379 e. The van der Waals surface area contributed by atoms with Gasteiger partial charge in [0.25, 0.3) is 0 Å². The number of benzene rings is 1. The summed E-state index contributed by atoms with van der Waals surface area (Å²) < 4.78 is 38.6. The normalized spacial score (nSPS) is 11.9. The molecule has 0 aromatic heterocycles. The van der Waals surface area contributed by atoms with E-state index in [-0.39, 0.29) is 18.2 Å². The number of hydrogen-bond donors (Lipinski definition) is 1. The summed E-state index contributed by atoms with van der Waals surface area (Å²) in [4.78, 5) is 0. The van der Waals surface area contributed by atoms with Crippen LogP contribution in [0.25, 0.3) is 0 Å². The minimum absolute atomic E-state index is 0.123. The van der Waals surface area contributed by atoms with E-state index in [4.69, 9.17) is 5.26 Å². The minimum Gasteiger partial charge on any atom is -0.379 e. The first-order valence-electron chi connectivity index (χ1n) is 4.32. The molecule has 0 saturated heterocycles. The average molecular weight is 214 g/mol. The summed E-state index contributed by atoms with van der Waals surface area (Å²) in [7, 11) is 0. The van der Waals surface area contributed by atoms with E-state index in [0.29, 0.717) is 6.07 Å². The van der Waals surface area contributed by atoms with Gasteiger partial charge < -0.3 is 5.32 Å². The molecular weight excluding hydrogens is 205 g/mol. The Kier molecular flexibility index (Phi) is 3.56. The standard InChI is InChI=1S/C10H9F3N2/c1-6(2-3-14)15-9-5-7(11)4-8(12)10(9)13/h4-6,15H,2H2,1H3. The summed E-state index contributed by atoms with van der Waals surface area (Å²) in [5.74, 6) is -3.25. The number of nitriles is 1. The zero-order valence-electron chi connectivity index (χ0n) is 8.02. The van der Waals surface area contributed by atoms with Gasteiger partial charge in [0.15, 0.2) is 11.6 Å². The van der Waals surface area contributed by atoms with Gasteiger partial charge in [-0.2, -0.15) is 5.26 Å². The van der Waals surface area contributed by atoms with Crippen LogP contribution in [-0.4, -0.2) is 6.04 Å². The van der Waals surface area contributed by atoms with E-state index in [1.165, 1.54) is 0 Å². The molecule has 1 atom stereocenters. The Hall–Kier alpha value is -1.70. The van der Waals surface area contributed by atoms with E-state index in [2.05, 4.69) is 5.32 Å². The third-order valence-electron chi connectivity index (χ3n) is 1.79. The van der Waals surface area contributed by atoms with Crippen LogP contribution in [0.3, 0.4) is 0 Å². The molecule has 0 heterocycles. The van der Waals surface area contributed by atoms with Crippen molar-refractivity contribution >= 4 is 5.69 Å². The molecule has 0 aliphatic rings. The molecule has 0 amide bonds. The van der Waals surface area contributed by atoms with Gasteiger partial charge in [0.1, 0.15) is 5.82 Å². The molecular formula is C10H9F3N2. The molecule has 2 nitrogen and oxygen atoms in total. The summed E-state index contributed by atoms with van der Waals surface area (Å²) in [5.41, 5.74) is -0.268. The molecule has 1 rings (SSSR count).